The fourth-order valence-electron chi connectivity index (χ4n) is 2.70. The first-order valence-electron chi connectivity index (χ1n) is 7.40. The average Bonchev–Trinajstić information content (AvgIpc) is 3.24. The number of nitrogens with one attached hydrogen (secondary N) is 1. The van der Waals surface area contributed by atoms with E-state index in [0.29, 0.717) is 6.54 Å². The number of hydrogen-bond acceptors (Lipinski definition) is 7. The summed E-state index contributed by atoms with van der Waals surface area (Å²) in [5, 5.41) is 19.0. The van der Waals surface area contributed by atoms with Crippen LogP contribution in [0.4, 0.5) is 10.8 Å². The summed E-state index contributed by atoms with van der Waals surface area (Å²) in [5.41, 5.74) is 3.64. The van der Waals surface area contributed by atoms with E-state index in [-0.39, 0.29) is 0 Å². The van der Waals surface area contributed by atoms with Gasteiger partial charge in [-0.2, -0.15) is 9.61 Å². The zero-order valence-electron chi connectivity index (χ0n) is 12.4. The lowest BCUT2D eigenvalue weighted by atomic mass is 10.3. The zero-order valence-corrected chi connectivity index (χ0v) is 13.2. The van der Waals surface area contributed by atoms with Crippen molar-refractivity contribution < 1.29 is 0 Å². The molecule has 1 aliphatic heterocycles. The fraction of sp³-hybridized carbons (Fsp3) is 0.429. The highest BCUT2D eigenvalue weighted by molar-refractivity contribution is 7.13. The number of anilines is 2. The smallest absolute Gasteiger partial charge is 0.200 e. The first kappa shape index (κ1) is 13.4. The van der Waals surface area contributed by atoms with Crippen molar-refractivity contribution in [1.29, 1.82) is 0 Å². The number of thiazole rings is 1. The summed E-state index contributed by atoms with van der Waals surface area (Å²) >= 11 is 1.72. The largest absolute Gasteiger partial charge is 0.376 e. The highest BCUT2D eigenvalue weighted by Crippen LogP contribution is 2.25. The average molecular weight is 315 g/mol. The molecule has 0 radical (unpaired) electrons. The first-order chi connectivity index (χ1) is 10.8. The van der Waals surface area contributed by atoms with Gasteiger partial charge in [-0.3, -0.25) is 0 Å². The molecule has 1 N–H and O–H groups in total. The summed E-state index contributed by atoms with van der Waals surface area (Å²) in [4.78, 5) is 7.08. The molecule has 22 heavy (non-hydrogen) atoms. The Balaban J connectivity index is 1.50. The van der Waals surface area contributed by atoms with Gasteiger partial charge in [0.25, 0.3) is 0 Å². The number of fused-ring (bicyclic) bond motifs is 1. The Bertz CT molecular complexity index is 787. The number of rotatable bonds is 4. The van der Waals surface area contributed by atoms with Crippen molar-refractivity contribution >= 4 is 27.8 Å². The second-order valence-electron chi connectivity index (χ2n) is 5.47. The molecule has 0 atom stereocenters. The van der Waals surface area contributed by atoms with Crippen molar-refractivity contribution in [3.8, 4) is 0 Å². The summed E-state index contributed by atoms with van der Waals surface area (Å²) in [7, 11) is 0. The SMILES string of the molecule is Cc1cc(NCc2csc(N3CCCC3)n2)c2nncn2n1. The van der Waals surface area contributed by atoms with Gasteiger partial charge in [-0.05, 0) is 25.8 Å². The third-order valence-corrected chi connectivity index (χ3v) is 4.72. The highest BCUT2D eigenvalue weighted by Gasteiger charge is 2.15. The zero-order chi connectivity index (χ0) is 14.9. The van der Waals surface area contributed by atoms with Crippen LogP contribution in [0.3, 0.4) is 0 Å². The Kier molecular flexibility index (Phi) is 3.38. The minimum absolute atomic E-state index is 0.677. The predicted molar refractivity (Wildman–Crippen MR) is 86.4 cm³/mol. The molecule has 0 unspecified atom stereocenters. The third kappa shape index (κ3) is 2.50. The third-order valence-electron chi connectivity index (χ3n) is 3.77. The Morgan fingerprint density at radius 2 is 2.18 bits per heavy atom. The van der Waals surface area contributed by atoms with Crippen LogP contribution in [0.25, 0.3) is 5.65 Å². The molecule has 3 aromatic rings. The van der Waals surface area contributed by atoms with Crippen molar-refractivity contribution in [3.63, 3.8) is 0 Å². The summed E-state index contributed by atoms with van der Waals surface area (Å²) < 4.78 is 1.69. The van der Waals surface area contributed by atoms with Crippen LogP contribution < -0.4 is 10.2 Å². The Labute approximate surface area is 132 Å². The van der Waals surface area contributed by atoms with E-state index >= 15 is 0 Å². The van der Waals surface area contributed by atoms with Crippen LogP contribution in [-0.4, -0.2) is 37.9 Å². The van der Waals surface area contributed by atoms with Crippen LogP contribution in [0.15, 0.2) is 17.8 Å². The monoisotopic (exact) mass is 315 g/mol. The standard InChI is InChI=1S/C14H17N7S/c1-10-6-12(13-18-16-9-21(13)19-10)15-7-11-8-22-14(17-11)20-4-2-3-5-20/h6,8-9,15H,2-5,7H2,1H3. The highest BCUT2D eigenvalue weighted by atomic mass is 32.1. The maximum absolute atomic E-state index is 4.72. The summed E-state index contributed by atoms with van der Waals surface area (Å²) in [5.74, 6) is 0. The number of aromatic nitrogens is 5. The number of hydrogen-bond donors (Lipinski definition) is 1. The maximum Gasteiger partial charge on any atom is 0.200 e. The van der Waals surface area contributed by atoms with Gasteiger partial charge in [0.15, 0.2) is 5.13 Å². The molecule has 1 aliphatic rings. The van der Waals surface area contributed by atoms with Crippen LogP contribution in [-0.2, 0) is 6.54 Å². The molecule has 4 rings (SSSR count). The van der Waals surface area contributed by atoms with Gasteiger partial charge < -0.3 is 10.2 Å². The van der Waals surface area contributed by atoms with E-state index in [9.17, 15) is 0 Å². The minimum Gasteiger partial charge on any atom is -0.376 e. The molecule has 0 aromatic carbocycles. The lowest BCUT2D eigenvalue weighted by Gasteiger charge is -2.12. The van der Waals surface area contributed by atoms with E-state index in [4.69, 9.17) is 4.98 Å². The molecule has 0 amide bonds. The van der Waals surface area contributed by atoms with E-state index in [1.165, 1.54) is 12.8 Å². The van der Waals surface area contributed by atoms with Crippen LogP contribution in [0.5, 0.6) is 0 Å². The van der Waals surface area contributed by atoms with Crippen LogP contribution in [0.2, 0.25) is 0 Å². The second kappa shape index (κ2) is 5.53. The maximum atomic E-state index is 4.72. The molecule has 1 fully saturated rings. The van der Waals surface area contributed by atoms with Crippen LogP contribution in [0, 0.1) is 6.92 Å². The van der Waals surface area contributed by atoms with E-state index in [2.05, 4.69) is 30.9 Å². The topological polar surface area (TPSA) is 71.2 Å². The van der Waals surface area contributed by atoms with E-state index in [1.807, 2.05) is 13.0 Å². The van der Waals surface area contributed by atoms with Gasteiger partial charge in [0, 0.05) is 18.5 Å². The van der Waals surface area contributed by atoms with Crippen molar-refractivity contribution in [3.05, 3.63) is 29.2 Å². The molecule has 8 heteroatoms. The van der Waals surface area contributed by atoms with Gasteiger partial charge in [-0.15, -0.1) is 21.5 Å². The fourth-order valence-corrected chi connectivity index (χ4v) is 3.58. The number of aryl methyl sites for hydroxylation is 1. The molecule has 0 aliphatic carbocycles. The second-order valence-corrected chi connectivity index (χ2v) is 6.30. The number of nitrogens with zero attached hydrogens (tertiary/aromatic N) is 6. The summed E-state index contributed by atoms with van der Waals surface area (Å²) in [6, 6.07) is 1.98. The normalized spacial score (nSPS) is 14.9. The molecular weight excluding hydrogens is 298 g/mol. The predicted octanol–water partition coefficient (Wildman–Crippen LogP) is 2.10. The minimum atomic E-state index is 0.677. The van der Waals surface area contributed by atoms with Gasteiger partial charge in [-0.25, -0.2) is 4.98 Å². The quantitative estimate of drug-likeness (QED) is 0.795. The lowest BCUT2D eigenvalue weighted by molar-refractivity contribution is 0.891. The Morgan fingerprint density at radius 3 is 3.05 bits per heavy atom. The molecule has 4 heterocycles. The van der Waals surface area contributed by atoms with Crippen molar-refractivity contribution in [2.45, 2.75) is 26.3 Å². The Morgan fingerprint density at radius 1 is 1.32 bits per heavy atom. The van der Waals surface area contributed by atoms with E-state index in [1.54, 1.807) is 22.2 Å². The van der Waals surface area contributed by atoms with E-state index < -0.39 is 0 Å². The van der Waals surface area contributed by atoms with Crippen LogP contribution >= 0.6 is 11.3 Å². The van der Waals surface area contributed by atoms with Crippen molar-refractivity contribution in [2.75, 3.05) is 23.3 Å². The van der Waals surface area contributed by atoms with Crippen molar-refractivity contribution in [1.82, 2.24) is 24.8 Å². The van der Waals surface area contributed by atoms with E-state index in [0.717, 1.165) is 40.9 Å². The van der Waals surface area contributed by atoms with Gasteiger partial charge in [0.05, 0.1) is 23.6 Å². The van der Waals surface area contributed by atoms with Gasteiger partial charge in [-0.1, -0.05) is 0 Å². The molecule has 0 spiro atoms. The molecule has 0 saturated carbocycles. The van der Waals surface area contributed by atoms with Gasteiger partial charge >= 0.3 is 0 Å². The first-order valence-corrected chi connectivity index (χ1v) is 8.28. The molecule has 3 aromatic heterocycles. The summed E-state index contributed by atoms with van der Waals surface area (Å²) in [6.07, 6.45) is 4.16. The van der Waals surface area contributed by atoms with Crippen molar-refractivity contribution in [2.24, 2.45) is 0 Å². The molecule has 114 valence electrons. The lowest BCUT2D eigenvalue weighted by Crippen LogP contribution is -2.17. The molecule has 7 nitrogen and oxygen atoms in total. The Hall–Kier alpha value is -2.22. The molecule has 1 saturated heterocycles. The summed E-state index contributed by atoms with van der Waals surface area (Å²) in [6.45, 7) is 4.89. The van der Waals surface area contributed by atoms with Crippen LogP contribution in [0.1, 0.15) is 24.2 Å². The van der Waals surface area contributed by atoms with Gasteiger partial charge in [0.2, 0.25) is 5.65 Å². The molecular formula is C14H17N7S. The molecule has 0 bridgehead atoms. The van der Waals surface area contributed by atoms with Gasteiger partial charge in [0.1, 0.15) is 6.33 Å².